The molecule has 1 aromatic heterocycles. The first-order chi connectivity index (χ1) is 11.2. The number of methoxy groups -OCH3 is 1. The van der Waals surface area contributed by atoms with Crippen LogP contribution < -0.4 is 4.74 Å². The first-order valence-corrected chi connectivity index (χ1v) is 8.60. The Morgan fingerprint density at radius 2 is 2.22 bits per heavy atom. The van der Waals surface area contributed by atoms with Gasteiger partial charge in [-0.3, -0.25) is 4.79 Å². The summed E-state index contributed by atoms with van der Waals surface area (Å²) in [6, 6.07) is 7.69. The van der Waals surface area contributed by atoms with Crippen molar-refractivity contribution >= 4 is 17.2 Å². The molecular formula is C17H20N2O3S. The third-order valence-corrected chi connectivity index (χ3v) is 4.83. The van der Waals surface area contributed by atoms with Gasteiger partial charge in [0.15, 0.2) is 0 Å². The van der Waals surface area contributed by atoms with Crippen LogP contribution in [0.15, 0.2) is 29.6 Å². The SMILES string of the molecule is CC[C@H]1CN(C(=O)c2csc(-c3ccc(OC)cc3)n2)CCO1. The van der Waals surface area contributed by atoms with E-state index in [2.05, 4.69) is 11.9 Å². The number of benzene rings is 1. The van der Waals surface area contributed by atoms with Crippen LogP contribution in [0.3, 0.4) is 0 Å². The first-order valence-electron chi connectivity index (χ1n) is 7.72. The number of nitrogens with zero attached hydrogens (tertiary/aromatic N) is 2. The van der Waals surface area contributed by atoms with E-state index >= 15 is 0 Å². The van der Waals surface area contributed by atoms with Crippen LogP contribution in [0.1, 0.15) is 23.8 Å². The fraction of sp³-hybridized carbons (Fsp3) is 0.412. The number of ether oxygens (including phenoxy) is 2. The molecule has 0 N–H and O–H groups in total. The predicted molar refractivity (Wildman–Crippen MR) is 90.0 cm³/mol. The molecule has 1 atom stereocenters. The molecule has 6 heteroatoms. The molecule has 2 aromatic rings. The van der Waals surface area contributed by atoms with Gasteiger partial charge in [0.25, 0.3) is 5.91 Å². The van der Waals surface area contributed by atoms with Crippen LogP contribution in [-0.4, -0.2) is 48.7 Å². The van der Waals surface area contributed by atoms with Gasteiger partial charge in [-0.1, -0.05) is 6.92 Å². The van der Waals surface area contributed by atoms with E-state index in [0.717, 1.165) is 22.7 Å². The summed E-state index contributed by atoms with van der Waals surface area (Å²) >= 11 is 1.48. The fourth-order valence-electron chi connectivity index (χ4n) is 2.55. The summed E-state index contributed by atoms with van der Waals surface area (Å²) in [5.41, 5.74) is 1.50. The van der Waals surface area contributed by atoms with Crippen molar-refractivity contribution < 1.29 is 14.3 Å². The third-order valence-electron chi connectivity index (χ3n) is 3.94. The van der Waals surface area contributed by atoms with Crippen molar-refractivity contribution in [3.8, 4) is 16.3 Å². The highest BCUT2D eigenvalue weighted by molar-refractivity contribution is 7.13. The molecule has 2 heterocycles. The van der Waals surface area contributed by atoms with Crippen molar-refractivity contribution in [2.24, 2.45) is 0 Å². The van der Waals surface area contributed by atoms with Gasteiger partial charge < -0.3 is 14.4 Å². The zero-order valence-corrected chi connectivity index (χ0v) is 14.1. The lowest BCUT2D eigenvalue weighted by molar-refractivity contribution is -0.0227. The van der Waals surface area contributed by atoms with E-state index < -0.39 is 0 Å². The number of hydrogen-bond donors (Lipinski definition) is 0. The van der Waals surface area contributed by atoms with Gasteiger partial charge in [-0.2, -0.15) is 0 Å². The first kappa shape index (κ1) is 16.0. The summed E-state index contributed by atoms with van der Waals surface area (Å²) in [6.07, 6.45) is 1.05. The molecule has 0 spiro atoms. The van der Waals surface area contributed by atoms with E-state index in [1.54, 1.807) is 7.11 Å². The second kappa shape index (κ2) is 7.10. The summed E-state index contributed by atoms with van der Waals surface area (Å²) in [4.78, 5) is 18.9. The van der Waals surface area contributed by atoms with Gasteiger partial charge >= 0.3 is 0 Å². The minimum atomic E-state index is -0.0113. The fourth-order valence-corrected chi connectivity index (χ4v) is 3.35. The number of carbonyl (C=O) groups is 1. The molecule has 1 fully saturated rings. The molecule has 1 aliphatic heterocycles. The van der Waals surface area contributed by atoms with Gasteiger partial charge in [-0.05, 0) is 30.7 Å². The van der Waals surface area contributed by atoms with Gasteiger partial charge in [-0.25, -0.2) is 4.98 Å². The topological polar surface area (TPSA) is 51.7 Å². The molecule has 23 heavy (non-hydrogen) atoms. The van der Waals surface area contributed by atoms with Gasteiger partial charge in [0.2, 0.25) is 0 Å². The molecule has 122 valence electrons. The Labute approximate surface area is 139 Å². The lowest BCUT2D eigenvalue weighted by Crippen LogP contribution is -2.45. The highest BCUT2D eigenvalue weighted by Crippen LogP contribution is 2.26. The van der Waals surface area contributed by atoms with Crippen molar-refractivity contribution in [1.82, 2.24) is 9.88 Å². The molecule has 1 amide bonds. The minimum Gasteiger partial charge on any atom is -0.497 e. The Morgan fingerprint density at radius 1 is 1.43 bits per heavy atom. The molecule has 0 saturated carbocycles. The number of aromatic nitrogens is 1. The van der Waals surface area contributed by atoms with Crippen molar-refractivity contribution in [3.05, 3.63) is 35.3 Å². The molecule has 3 rings (SSSR count). The van der Waals surface area contributed by atoms with Crippen LogP contribution in [0.5, 0.6) is 5.75 Å². The van der Waals surface area contributed by atoms with Crippen molar-refractivity contribution in [2.75, 3.05) is 26.8 Å². The van der Waals surface area contributed by atoms with Crippen LogP contribution in [0.2, 0.25) is 0 Å². The van der Waals surface area contributed by atoms with E-state index in [1.165, 1.54) is 11.3 Å². The van der Waals surface area contributed by atoms with Crippen molar-refractivity contribution in [3.63, 3.8) is 0 Å². The monoisotopic (exact) mass is 332 g/mol. The normalized spacial score (nSPS) is 18.0. The lowest BCUT2D eigenvalue weighted by atomic mass is 10.2. The summed E-state index contributed by atoms with van der Waals surface area (Å²) in [5.74, 6) is 0.795. The van der Waals surface area contributed by atoms with Crippen molar-refractivity contribution in [1.29, 1.82) is 0 Å². The number of carbonyl (C=O) groups excluding carboxylic acids is 1. The molecule has 1 saturated heterocycles. The maximum absolute atomic E-state index is 12.6. The van der Waals surface area contributed by atoms with Crippen LogP contribution in [0.25, 0.3) is 10.6 Å². The lowest BCUT2D eigenvalue weighted by Gasteiger charge is -2.32. The maximum Gasteiger partial charge on any atom is 0.273 e. The Morgan fingerprint density at radius 3 is 2.91 bits per heavy atom. The second-order valence-electron chi connectivity index (χ2n) is 5.42. The summed E-state index contributed by atoms with van der Waals surface area (Å²) < 4.78 is 10.8. The van der Waals surface area contributed by atoms with E-state index in [4.69, 9.17) is 9.47 Å². The Kier molecular flexibility index (Phi) is 4.93. The Balaban J connectivity index is 1.74. The molecule has 0 aliphatic carbocycles. The highest BCUT2D eigenvalue weighted by Gasteiger charge is 2.25. The molecule has 1 aromatic carbocycles. The average molecular weight is 332 g/mol. The maximum atomic E-state index is 12.6. The van der Waals surface area contributed by atoms with E-state index in [9.17, 15) is 4.79 Å². The van der Waals surface area contributed by atoms with E-state index in [-0.39, 0.29) is 12.0 Å². The molecule has 1 aliphatic rings. The summed E-state index contributed by atoms with van der Waals surface area (Å²) in [5, 5.41) is 2.68. The number of amides is 1. The predicted octanol–water partition coefficient (Wildman–Crippen LogP) is 3.07. The number of thiazole rings is 1. The minimum absolute atomic E-state index is 0.0113. The zero-order chi connectivity index (χ0) is 16.2. The smallest absolute Gasteiger partial charge is 0.273 e. The van der Waals surface area contributed by atoms with Gasteiger partial charge in [0.1, 0.15) is 16.5 Å². The third kappa shape index (κ3) is 3.54. The van der Waals surface area contributed by atoms with Crippen LogP contribution in [0, 0.1) is 0 Å². The average Bonchev–Trinajstić information content (AvgIpc) is 3.11. The van der Waals surface area contributed by atoms with Crippen molar-refractivity contribution in [2.45, 2.75) is 19.4 Å². The summed E-state index contributed by atoms with van der Waals surface area (Å²) in [6.45, 7) is 3.94. The highest BCUT2D eigenvalue weighted by atomic mass is 32.1. The molecular weight excluding hydrogens is 312 g/mol. The standard InChI is InChI=1S/C17H20N2O3S/c1-3-13-10-19(8-9-22-13)17(20)15-11-23-16(18-15)12-4-6-14(21-2)7-5-12/h4-7,11,13H,3,8-10H2,1-2H3/t13-/m0/s1. The summed E-state index contributed by atoms with van der Waals surface area (Å²) in [7, 11) is 1.64. The van der Waals surface area contributed by atoms with E-state index in [1.807, 2.05) is 34.5 Å². The van der Waals surface area contributed by atoms with Crippen LogP contribution >= 0.6 is 11.3 Å². The largest absolute Gasteiger partial charge is 0.497 e. The number of rotatable bonds is 4. The van der Waals surface area contributed by atoms with Gasteiger partial charge in [0, 0.05) is 24.0 Å². The van der Waals surface area contributed by atoms with Crippen LogP contribution in [-0.2, 0) is 4.74 Å². The van der Waals surface area contributed by atoms with Gasteiger partial charge in [0.05, 0.1) is 19.8 Å². The van der Waals surface area contributed by atoms with Gasteiger partial charge in [-0.15, -0.1) is 11.3 Å². The molecule has 0 bridgehead atoms. The second-order valence-corrected chi connectivity index (χ2v) is 6.28. The Hall–Kier alpha value is -1.92. The quantitative estimate of drug-likeness (QED) is 0.863. The number of hydrogen-bond acceptors (Lipinski definition) is 5. The van der Waals surface area contributed by atoms with E-state index in [0.29, 0.717) is 25.4 Å². The molecule has 5 nitrogen and oxygen atoms in total. The molecule has 0 unspecified atom stereocenters. The van der Waals surface area contributed by atoms with Crippen LogP contribution in [0.4, 0.5) is 0 Å². The zero-order valence-electron chi connectivity index (χ0n) is 13.3. The molecule has 0 radical (unpaired) electrons. The Bertz CT molecular complexity index is 669. The number of morpholine rings is 1.